The van der Waals surface area contributed by atoms with Crippen LogP contribution in [0.25, 0.3) is 0 Å². The average molecular weight is 492 g/mol. The largest absolute Gasteiger partial charge is 0.467 e. The van der Waals surface area contributed by atoms with Crippen molar-refractivity contribution in [2.75, 3.05) is 26.5 Å². The van der Waals surface area contributed by atoms with Gasteiger partial charge in [0.1, 0.15) is 12.1 Å². The normalized spacial score (nSPS) is 17.9. The number of rotatable bonds is 9. The SMILES string of the molecule is COC(=O)[C@@H]1CCCN1C(=O)[C@@H](N(C)C(=O)N[C@H](CSCc1ccccc1)C(C)C)C(C)(C)C. The lowest BCUT2D eigenvalue weighted by Gasteiger charge is -2.40. The van der Waals surface area contributed by atoms with Gasteiger partial charge in [-0.3, -0.25) is 4.79 Å². The van der Waals surface area contributed by atoms with E-state index in [9.17, 15) is 14.4 Å². The number of hydrogen-bond acceptors (Lipinski definition) is 5. The van der Waals surface area contributed by atoms with Crippen molar-refractivity contribution < 1.29 is 19.1 Å². The summed E-state index contributed by atoms with van der Waals surface area (Å²) >= 11 is 1.78. The molecule has 0 radical (unpaired) electrons. The molecule has 3 amide bonds. The van der Waals surface area contributed by atoms with Crippen LogP contribution in [-0.4, -0.2) is 72.3 Å². The van der Waals surface area contributed by atoms with Crippen LogP contribution in [0.15, 0.2) is 30.3 Å². The van der Waals surface area contributed by atoms with Gasteiger partial charge in [0.25, 0.3) is 0 Å². The smallest absolute Gasteiger partial charge is 0.328 e. The minimum atomic E-state index is -0.706. The molecule has 0 unspecified atom stereocenters. The highest BCUT2D eigenvalue weighted by molar-refractivity contribution is 7.98. The fraction of sp³-hybridized carbons (Fsp3) is 0.654. The molecule has 34 heavy (non-hydrogen) atoms. The summed E-state index contributed by atoms with van der Waals surface area (Å²) in [4.78, 5) is 42.2. The van der Waals surface area contributed by atoms with Gasteiger partial charge in [0.15, 0.2) is 0 Å². The highest BCUT2D eigenvalue weighted by Gasteiger charge is 2.44. The van der Waals surface area contributed by atoms with E-state index in [1.165, 1.54) is 17.6 Å². The van der Waals surface area contributed by atoms with Gasteiger partial charge in [0.2, 0.25) is 5.91 Å². The van der Waals surface area contributed by atoms with E-state index in [-0.39, 0.29) is 23.9 Å². The van der Waals surface area contributed by atoms with Crippen molar-refractivity contribution in [3.8, 4) is 0 Å². The van der Waals surface area contributed by atoms with Gasteiger partial charge in [-0.05, 0) is 29.7 Å². The van der Waals surface area contributed by atoms with Gasteiger partial charge in [-0.2, -0.15) is 11.8 Å². The van der Waals surface area contributed by atoms with Gasteiger partial charge in [-0.25, -0.2) is 9.59 Å². The van der Waals surface area contributed by atoms with Crippen molar-refractivity contribution >= 4 is 29.7 Å². The van der Waals surface area contributed by atoms with Crippen LogP contribution in [0.1, 0.15) is 53.0 Å². The Kier molecular flexibility index (Phi) is 10.3. The lowest BCUT2D eigenvalue weighted by atomic mass is 9.84. The van der Waals surface area contributed by atoms with E-state index in [4.69, 9.17) is 4.74 Å². The van der Waals surface area contributed by atoms with Crippen LogP contribution in [0.2, 0.25) is 0 Å². The molecule has 3 atom stereocenters. The molecule has 2 rings (SSSR count). The Balaban J connectivity index is 2.09. The second kappa shape index (κ2) is 12.5. The summed E-state index contributed by atoms with van der Waals surface area (Å²) in [6.45, 7) is 10.5. The van der Waals surface area contributed by atoms with Crippen molar-refractivity contribution in [3.05, 3.63) is 35.9 Å². The molecule has 0 aromatic heterocycles. The average Bonchev–Trinajstić information content (AvgIpc) is 3.27. The quantitative estimate of drug-likeness (QED) is 0.525. The number of carbonyl (C=O) groups is 3. The lowest BCUT2D eigenvalue weighted by Crippen LogP contribution is -2.60. The number of methoxy groups -OCH3 is 1. The van der Waals surface area contributed by atoms with Gasteiger partial charge in [-0.15, -0.1) is 0 Å². The summed E-state index contributed by atoms with van der Waals surface area (Å²) in [5.74, 6) is 1.28. The topological polar surface area (TPSA) is 79.0 Å². The van der Waals surface area contributed by atoms with E-state index in [2.05, 4.69) is 31.3 Å². The van der Waals surface area contributed by atoms with Crippen LogP contribution in [0.3, 0.4) is 0 Å². The molecule has 1 aliphatic rings. The summed E-state index contributed by atoms with van der Waals surface area (Å²) in [7, 11) is 3.01. The lowest BCUT2D eigenvalue weighted by molar-refractivity contribution is -0.153. The Morgan fingerprint density at radius 3 is 2.41 bits per heavy atom. The zero-order valence-corrected chi connectivity index (χ0v) is 22.5. The molecule has 1 aromatic carbocycles. The Bertz CT molecular complexity index is 825. The van der Waals surface area contributed by atoms with Crippen LogP contribution in [0.5, 0.6) is 0 Å². The van der Waals surface area contributed by atoms with Crippen molar-refractivity contribution in [3.63, 3.8) is 0 Å². The molecule has 0 bridgehead atoms. The summed E-state index contributed by atoms with van der Waals surface area (Å²) in [6, 6.07) is 8.66. The second-order valence-electron chi connectivity index (χ2n) is 10.4. The number of thioether (sulfide) groups is 1. The number of benzene rings is 1. The molecule has 0 aliphatic carbocycles. The maximum absolute atomic E-state index is 13.6. The molecular formula is C26H41N3O4S. The molecule has 1 heterocycles. The number of likely N-dealkylation sites (tertiary alicyclic amines) is 1. The fourth-order valence-corrected chi connectivity index (χ4v) is 5.61. The number of urea groups is 1. The van der Waals surface area contributed by atoms with Crippen LogP contribution in [0, 0.1) is 11.3 Å². The third kappa shape index (κ3) is 7.39. The predicted octanol–water partition coefficient (Wildman–Crippen LogP) is 4.16. The predicted molar refractivity (Wildman–Crippen MR) is 138 cm³/mol. The Hall–Kier alpha value is -2.22. The van der Waals surface area contributed by atoms with Crippen LogP contribution >= 0.6 is 11.8 Å². The molecular weight excluding hydrogens is 450 g/mol. The summed E-state index contributed by atoms with van der Waals surface area (Å²) in [5, 5.41) is 3.15. The third-order valence-corrected chi connectivity index (χ3v) is 7.43. The number of ether oxygens (including phenoxy) is 1. The Morgan fingerprint density at radius 1 is 1.21 bits per heavy atom. The molecule has 1 aliphatic heterocycles. The first kappa shape index (κ1) is 28.0. The minimum absolute atomic E-state index is 0.0333. The van der Waals surface area contributed by atoms with Crippen molar-refractivity contribution in [2.45, 2.75) is 71.3 Å². The van der Waals surface area contributed by atoms with E-state index in [1.54, 1.807) is 23.7 Å². The third-order valence-electron chi connectivity index (χ3n) is 6.29. The molecule has 0 saturated carbocycles. The van der Waals surface area contributed by atoms with E-state index < -0.39 is 23.5 Å². The zero-order valence-electron chi connectivity index (χ0n) is 21.7. The summed E-state index contributed by atoms with van der Waals surface area (Å²) in [6.07, 6.45) is 1.32. The summed E-state index contributed by atoms with van der Waals surface area (Å²) in [5.41, 5.74) is 0.740. The highest BCUT2D eigenvalue weighted by atomic mass is 32.2. The van der Waals surface area contributed by atoms with E-state index in [1.807, 2.05) is 39.0 Å². The van der Waals surface area contributed by atoms with Crippen LogP contribution < -0.4 is 5.32 Å². The molecule has 7 nitrogen and oxygen atoms in total. The van der Waals surface area contributed by atoms with E-state index in [0.29, 0.717) is 13.0 Å². The van der Waals surface area contributed by atoms with Crippen molar-refractivity contribution in [1.29, 1.82) is 0 Å². The fourth-order valence-electron chi connectivity index (χ4n) is 4.34. The second-order valence-corrected chi connectivity index (χ2v) is 11.4. The van der Waals surface area contributed by atoms with Crippen molar-refractivity contribution in [1.82, 2.24) is 15.1 Å². The number of nitrogens with one attached hydrogen (secondary N) is 1. The number of nitrogens with zero attached hydrogens (tertiary/aromatic N) is 2. The number of esters is 1. The highest BCUT2D eigenvalue weighted by Crippen LogP contribution is 2.29. The van der Waals surface area contributed by atoms with Crippen LogP contribution in [-0.2, 0) is 20.1 Å². The molecule has 1 saturated heterocycles. The molecule has 0 spiro atoms. The first-order valence-corrected chi connectivity index (χ1v) is 13.2. The zero-order chi connectivity index (χ0) is 25.5. The van der Waals surface area contributed by atoms with Crippen LogP contribution in [0.4, 0.5) is 4.79 Å². The Labute approximate surface area is 209 Å². The Morgan fingerprint density at radius 2 is 1.85 bits per heavy atom. The van der Waals surface area contributed by atoms with Gasteiger partial charge in [0, 0.05) is 31.1 Å². The van der Waals surface area contributed by atoms with Gasteiger partial charge in [-0.1, -0.05) is 65.0 Å². The number of likely N-dealkylation sites (N-methyl/N-ethyl adjacent to an activating group) is 1. The minimum Gasteiger partial charge on any atom is -0.467 e. The number of hydrogen-bond donors (Lipinski definition) is 1. The number of amides is 3. The van der Waals surface area contributed by atoms with Gasteiger partial charge < -0.3 is 19.9 Å². The monoisotopic (exact) mass is 491 g/mol. The molecule has 8 heteroatoms. The van der Waals surface area contributed by atoms with Gasteiger partial charge >= 0.3 is 12.0 Å². The summed E-state index contributed by atoms with van der Waals surface area (Å²) < 4.78 is 4.91. The van der Waals surface area contributed by atoms with E-state index in [0.717, 1.165) is 17.9 Å². The molecule has 1 N–H and O–H groups in total. The van der Waals surface area contributed by atoms with Crippen molar-refractivity contribution in [2.24, 2.45) is 11.3 Å². The molecule has 1 aromatic rings. The first-order chi connectivity index (χ1) is 16.0. The van der Waals surface area contributed by atoms with Gasteiger partial charge in [0.05, 0.1) is 7.11 Å². The van der Waals surface area contributed by atoms with E-state index >= 15 is 0 Å². The standard InChI is InChI=1S/C26H41N3O4S/c1-18(2)20(17-34-16-19-12-9-8-10-13-19)27-25(32)28(6)22(26(3,4)5)23(30)29-15-11-14-21(29)24(31)33-7/h8-10,12-13,18,20-22H,11,14-17H2,1-7H3,(H,27,32)/t20-,21+,22-/m1/s1. The maximum Gasteiger partial charge on any atom is 0.328 e. The molecule has 1 fully saturated rings. The maximum atomic E-state index is 13.6. The molecule has 190 valence electrons. The number of carbonyl (C=O) groups excluding carboxylic acids is 3. The first-order valence-electron chi connectivity index (χ1n) is 12.0.